The number of rotatable bonds is 3. The Kier molecular flexibility index (Phi) is 4.50. The molecule has 1 fully saturated rings. The lowest BCUT2D eigenvalue weighted by atomic mass is 10.2. The number of pyridine rings is 1. The zero-order valence-electron chi connectivity index (χ0n) is 11.9. The van der Waals surface area contributed by atoms with Gasteiger partial charge in [0.2, 0.25) is 0 Å². The maximum Gasteiger partial charge on any atom is 0.255 e. The molecule has 0 aliphatic carbocycles. The van der Waals surface area contributed by atoms with Crippen molar-refractivity contribution in [1.82, 2.24) is 9.88 Å². The van der Waals surface area contributed by atoms with Crippen LogP contribution in [0.25, 0.3) is 0 Å². The van der Waals surface area contributed by atoms with Crippen LogP contribution < -0.4 is 5.32 Å². The molecule has 1 aliphatic heterocycles. The molecule has 114 valence electrons. The zero-order chi connectivity index (χ0) is 15.5. The van der Waals surface area contributed by atoms with Crippen LogP contribution in [0.3, 0.4) is 0 Å². The van der Waals surface area contributed by atoms with Crippen LogP contribution in [0.15, 0.2) is 36.7 Å². The summed E-state index contributed by atoms with van der Waals surface area (Å²) in [4.78, 5) is 18.4. The number of anilines is 2. The van der Waals surface area contributed by atoms with Crippen LogP contribution in [0.2, 0.25) is 10.0 Å². The number of benzene rings is 1. The molecule has 0 bridgehead atoms. The highest BCUT2D eigenvalue weighted by atomic mass is 35.5. The van der Waals surface area contributed by atoms with Gasteiger partial charge in [-0.1, -0.05) is 29.3 Å². The molecule has 1 aromatic carbocycles. The summed E-state index contributed by atoms with van der Waals surface area (Å²) in [5.74, 6) is 0.0193. The minimum Gasteiger partial charge on any atom is -0.353 e. The fourth-order valence-electron chi connectivity index (χ4n) is 2.48. The van der Waals surface area contributed by atoms with Gasteiger partial charge in [0.05, 0.1) is 33.2 Å². The molecule has 0 radical (unpaired) electrons. The standard InChI is InChI=1S/C16H15Cl2N3O/c17-13-4-3-5-14(15(13)18)20-12-8-11(9-19-10-12)16(22)21-6-1-2-7-21/h3-5,8-10,20H,1-2,6-7H2. The van der Waals surface area contributed by atoms with E-state index >= 15 is 0 Å². The third kappa shape index (κ3) is 3.18. The molecule has 1 N–H and O–H groups in total. The van der Waals surface area contributed by atoms with Crippen molar-refractivity contribution in [3.05, 3.63) is 52.3 Å². The number of likely N-dealkylation sites (tertiary alicyclic amines) is 1. The van der Waals surface area contributed by atoms with E-state index in [1.54, 1.807) is 24.5 Å². The summed E-state index contributed by atoms with van der Waals surface area (Å²) in [6, 6.07) is 7.14. The predicted octanol–water partition coefficient (Wildman–Crippen LogP) is 4.37. The van der Waals surface area contributed by atoms with Gasteiger partial charge in [-0.2, -0.15) is 0 Å². The molecule has 1 aromatic heterocycles. The smallest absolute Gasteiger partial charge is 0.255 e. The van der Waals surface area contributed by atoms with Crippen molar-refractivity contribution >= 4 is 40.5 Å². The van der Waals surface area contributed by atoms with Crippen LogP contribution in [0.1, 0.15) is 23.2 Å². The molecule has 0 saturated carbocycles. The Balaban J connectivity index is 1.82. The summed E-state index contributed by atoms with van der Waals surface area (Å²) < 4.78 is 0. The normalized spacial score (nSPS) is 14.2. The number of nitrogens with zero attached hydrogens (tertiary/aromatic N) is 2. The number of halogens is 2. The summed E-state index contributed by atoms with van der Waals surface area (Å²) in [5, 5.41) is 4.07. The molecule has 2 heterocycles. The third-order valence-electron chi connectivity index (χ3n) is 3.61. The number of nitrogens with one attached hydrogen (secondary N) is 1. The van der Waals surface area contributed by atoms with Gasteiger partial charge in [0, 0.05) is 19.3 Å². The van der Waals surface area contributed by atoms with Crippen molar-refractivity contribution in [2.75, 3.05) is 18.4 Å². The van der Waals surface area contributed by atoms with Crippen molar-refractivity contribution in [2.24, 2.45) is 0 Å². The number of carbonyl (C=O) groups excluding carboxylic acids is 1. The number of hydrogen-bond acceptors (Lipinski definition) is 3. The summed E-state index contributed by atoms with van der Waals surface area (Å²) >= 11 is 12.2. The summed E-state index contributed by atoms with van der Waals surface area (Å²) in [5.41, 5.74) is 1.96. The fourth-order valence-corrected chi connectivity index (χ4v) is 2.83. The van der Waals surface area contributed by atoms with Gasteiger partial charge >= 0.3 is 0 Å². The first-order chi connectivity index (χ1) is 10.6. The maximum atomic E-state index is 12.4. The van der Waals surface area contributed by atoms with Crippen molar-refractivity contribution in [3.8, 4) is 0 Å². The second-order valence-electron chi connectivity index (χ2n) is 5.19. The Morgan fingerprint density at radius 2 is 1.95 bits per heavy atom. The lowest BCUT2D eigenvalue weighted by molar-refractivity contribution is 0.0792. The highest BCUT2D eigenvalue weighted by molar-refractivity contribution is 6.43. The van der Waals surface area contributed by atoms with Crippen LogP contribution >= 0.6 is 23.2 Å². The molecule has 0 spiro atoms. The van der Waals surface area contributed by atoms with E-state index in [1.165, 1.54) is 0 Å². The summed E-state index contributed by atoms with van der Waals surface area (Å²) in [6.07, 6.45) is 5.37. The molecule has 3 rings (SSSR count). The Morgan fingerprint density at radius 1 is 1.18 bits per heavy atom. The van der Waals surface area contributed by atoms with Crippen LogP contribution in [-0.4, -0.2) is 28.9 Å². The SMILES string of the molecule is O=C(c1cncc(Nc2cccc(Cl)c2Cl)c1)N1CCCC1. The molecular weight excluding hydrogens is 321 g/mol. The Morgan fingerprint density at radius 3 is 2.73 bits per heavy atom. The lowest BCUT2D eigenvalue weighted by Crippen LogP contribution is -2.27. The molecule has 1 saturated heterocycles. The molecule has 4 nitrogen and oxygen atoms in total. The van der Waals surface area contributed by atoms with Crippen LogP contribution in [0.4, 0.5) is 11.4 Å². The van der Waals surface area contributed by atoms with Crippen molar-refractivity contribution in [1.29, 1.82) is 0 Å². The van der Waals surface area contributed by atoms with Crippen LogP contribution in [0, 0.1) is 0 Å². The number of aromatic nitrogens is 1. The molecular formula is C16H15Cl2N3O. The van der Waals surface area contributed by atoms with Gasteiger partial charge < -0.3 is 10.2 Å². The number of amides is 1. The first-order valence-corrected chi connectivity index (χ1v) is 7.86. The minimum atomic E-state index is 0.0193. The van der Waals surface area contributed by atoms with E-state index in [0.717, 1.165) is 25.9 Å². The highest BCUT2D eigenvalue weighted by Gasteiger charge is 2.20. The van der Waals surface area contributed by atoms with E-state index < -0.39 is 0 Å². The predicted molar refractivity (Wildman–Crippen MR) is 89.1 cm³/mol. The maximum absolute atomic E-state index is 12.4. The topological polar surface area (TPSA) is 45.2 Å². The zero-order valence-corrected chi connectivity index (χ0v) is 13.4. The average molecular weight is 336 g/mol. The first kappa shape index (κ1) is 15.1. The monoisotopic (exact) mass is 335 g/mol. The van der Waals surface area contributed by atoms with Gasteiger partial charge in [0.25, 0.3) is 5.91 Å². The minimum absolute atomic E-state index is 0.0193. The highest BCUT2D eigenvalue weighted by Crippen LogP contribution is 2.31. The van der Waals surface area contributed by atoms with E-state index in [2.05, 4.69) is 10.3 Å². The summed E-state index contributed by atoms with van der Waals surface area (Å²) in [7, 11) is 0. The van der Waals surface area contributed by atoms with Crippen molar-refractivity contribution < 1.29 is 4.79 Å². The lowest BCUT2D eigenvalue weighted by Gasteiger charge is -2.16. The third-order valence-corrected chi connectivity index (χ3v) is 4.43. The molecule has 0 atom stereocenters. The first-order valence-electron chi connectivity index (χ1n) is 7.10. The molecule has 1 amide bonds. The van der Waals surface area contributed by atoms with Gasteiger partial charge in [-0.3, -0.25) is 9.78 Å². The second kappa shape index (κ2) is 6.55. The second-order valence-corrected chi connectivity index (χ2v) is 5.97. The van der Waals surface area contributed by atoms with Gasteiger partial charge in [0.15, 0.2) is 0 Å². The Bertz CT molecular complexity index is 700. The average Bonchev–Trinajstić information content (AvgIpc) is 3.06. The van der Waals surface area contributed by atoms with E-state index in [4.69, 9.17) is 23.2 Å². The molecule has 2 aromatic rings. The quantitative estimate of drug-likeness (QED) is 0.905. The molecule has 1 aliphatic rings. The van der Waals surface area contributed by atoms with E-state index in [1.807, 2.05) is 17.0 Å². The molecule has 22 heavy (non-hydrogen) atoms. The van der Waals surface area contributed by atoms with Gasteiger partial charge in [0.1, 0.15) is 0 Å². The molecule has 0 unspecified atom stereocenters. The van der Waals surface area contributed by atoms with E-state index in [0.29, 0.717) is 27.0 Å². The number of hydrogen-bond donors (Lipinski definition) is 1. The van der Waals surface area contributed by atoms with E-state index in [9.17, 15) is 4.79 Å². The van der Waals surface area contributed by atoms with Crippen molar-refractivity contribution in [2.45, 2.75) is 12.8 Å². The van der Waals surface area contributed by atoms with Gasteiger partial charge in [-0.25, -0.2) is 0 Å². The Hall–Kier alpha value is -1.78. The van der Waals surface area contributed by atoms with E-state index in [-0.39, 0.29) is 5.91 Å². The van der Waals surface area contributed by atoms with Gasteiger partial charge in [-0.15, -0.1) is 0 Å². The largest absolute Gasteiger partial charge is 0.353 e. The van der Waals surface area contributed by atoms with Gasteiger partial charge in [-0.05, 0) is 31.0 Å². The van der Waals surface area contributed by atoms with Crippen LogP contribution in [0.5, 0.6) is 0 Å². The summed E-state index contributed by atoms with van der Waals surface area (Å²) in [6.45, 7) is 1.63. The van der Waals surface area contributed by atoms with Crippen LogP contribution in [-0.2, 0) is 0 Å². The number of carbonyl (C=O) groups is 1. The molecule has 6 heteroatoms. The fraction of sp³-hybridized carbons (Fsp3) is 0.250. The van der Waals surface area contributed by atoms with Crippen molar-refractivity contribution in [3.63, 3.8) is 0 Å². The Labute approximate surface area is 139 Å².